The quantitative estimate of drug-likeness (QED) is 0.671. The molecule has 0 aliphatic carbocycles. The number of nitrogens with zero attached hydrogens (tertiary/aromatic N) is 4. The zero-order valence-corrected chi connectivity index (χ0v) is 14.8. The molecule has 1 aliphatic rings. The Kier molecular flexibility index (Phi) is 4.26. The van der Waals surface area contributed by atoms with Gasteiger partial charge in [0, 0.05) is 47.7 Å². The molecule has 0 radical (unpaired) electrons. The zero-order chi connectivity index (χ0) is 18.1. The smallest absolute Gasteiger partial charge is 0.320 e. The van der Waals surface area contributed by atoms with E-state index < -0.39 is 0 Å². The van der Waals surface area contributed by atoms with E-state index in [9.17, 15) is 4.79 Å². The minimum absolute atomic E-state index is 0.178. The number of aromatic amines is 1. The predicted octanol–water partition coefficient (Wildman–Crippen LogP) is 2.15. The van der Waals surface area contributed by atoms with Crippen LogP contribution in [0, 0.1) is 6.92 Å². The summed E-state index contributed by atoms with van der Waals surface area (Å²) in [4.78, 5) is 22.9. The van der Waals surface area contributed by atoms with Gasteiger partial charge in [-0.3, -0.25) is 15.4 Å². The van der Waals surface area contributed by atoms with Gasteiger partial charge in [0.1, 0.15) is 11.5 Å². The minimum Gasteiger partial charge on any atom is -0.334 e. The molecule has 0 saturated carbocycles. The maximum atomic E-state index is 12.2. The van der Waals surface area contributed by atoms with Crippen LogP contribution < -0.4 is 10.6 Å². The van der Waals surface area contributed by atoms with Gasteiger partial charge in [0.2, 0.25) is 0 Å². The van der Waals surface area contributed by atoms with Gasteiger partial charge in [-0.25, -0.2) is 9.78 Å². The third kappa shape index (κ3) is 3.36. The van der Waals surface area contributed by atoms with E-state index in [0.29, 0.717) is 5.82 Å². The number of carbonyl (C=O) groups excluding carboxylic acids is 1. The fourth-order valence-corrected chi connectivity index (χ4v) is 3.28. The topological polar surface area (TPSA) is 98.8 Å². The highest BCUT2D eigenvalue weighted by molar-refractivity contribution is 5.95. The van der Waals surface area contributed by atoms with Crippen LogP contribution in [-0.2, 0) is 0 Å². The molecule has 1 saturated heterocycles. The Morgan fingerprint density at radius 1 is 1.35 bits per heavy atom. The number of amides is 2. The molecule has 3 aromatic rings. The van der Waals surface area contributed by atoms with E-state index in [1.54, 1.807) is 18.5 Å². The maximum Gasteiger partial charge on any atom is 0.320 e. The van der Waals surface area contributed by atoms with Crippen molar-refractivity contribution < 1.29 is 4.79 Å². The minimum atomic E-state index is -0.235. The van der Waals surface area contributed by atoms with E-state index >= 15 is 0 Å². The molecule has 4 rings (SSSR count). The van der Waals surface area contributed by atoms with Crippen LogP contribution in [0.4, 0.5) is 10.6 Å². The first-order valence-corrected chi connectivity index (χ1v) is 8.62. The van der Waals surface area contributed by atoms with Gasteiger partial charge in [-0.1, -0.05) is 0 Å². The van der Waals surface area contributed by atoms with Crippen molar-refractivity contribution in [3.05, 3.63) is 36.3 Å². The number of carbonyl (C=O) groups is 1. The monoisotopic (exact) mass is 351 g/mol. The van der Waals surface area contributed by atoms with Crippen molar-refractivity contribution in [2.24, 2.45) is 0 Å². The lowest BCUT2D eigenvalue weighted by Gasteiger charge is -2.13. The molecule has 8 heteroatoms. The molecule has 134 valence electrons. The molecule has 0 bridgehead atoms. The van der Waals surface area contributed by atoms with Crippen molar-refractivity contribution in [2.45, 2.75) is 19.4 Å². The second-order valence-electron chi connectivity index (χ2n) is 6.72. The van der Waals surface area contributed by atoms with Crippen LogP contribution in [0.2, 0.25) is 0 Å². The summed E-state index contributed by atoms with van der Waals surface area (Å²) in [6, 6.07) is 5.63. The van der Waals surface area contributed by atoms with E-state index in [-0.39, 0.29) is 12.1 Å². The number of rotatable bonds is 3. The summed E-state index contributed by atoms with van der Waals surface area (Å²) in [6.45, 7) is 3.81. The fraction of sp³-hybridized carbons (Fsp3) is 0.333. The molecule has 3 aromatic heterocycles. The third-order valence-corrected chi connectivity index (χ3v) is 4.59. The summed E-state index contributed by atoms with van der Waals surface area (Å²) in [5.41, 5.74) is 3.55. The average Bonchev–Trinajstić information content (AvgIpc) is 3.20. The molecule has 4 heterocycles. The van der Waals surface area contributed by atoms with Crippen LogP contribution in [0.5, 0.6) is 0 Å². The number of pyridine rings is 2. The number of nitrogens with one attached hydrogen (secondary N) is 3. The van der Waals surface area contributed by atoms with Crippen LogP contribution in [-0.4, -0.2) is 57.3 Å². The van der Waals surface area contributed by atoms with Gasteiger partial charge < -0.3 is 10.2 Å². The molecule has 3 N–H and O–H groups in total. The number of likely N-dealkylation sites (N-methyl/N-ethyl adjacent to an activating group) is 1. The fourth-order valence-electron chi connectivity index (χ4n) is 3.28. The van der Waals surface area contributed by atoms with E-state index in [4.69, 9.17) is 0 Å². The lowest BCUT2D eigenvalue weighted by molar-refractivity contribution is 0.248. The average molecular weight is 351 g/mol. The molecule has 0 spiro atoms. The number of urea groups is 1. The molecular formula is C18H21N7O. The standard InChI is InChI=1S/C18H21N7O/c1-11-7-12(3-5-19-11)17-14-9-20-16(8-15(14)23-24-17)22-18(26)21-13-4-6-25(2)10-13/h3,5,7-9,13H,4,6,10H2,1-2H3,(H,23,24)(H2,20,21,22,26)/t13-/m1/s1. The van der Waals surface area contributed by atoms with E-state index in [0.717, 1.165) is 47.4 Å². The second kappa shape index (κ2) is 6.72. The number of H-pyrrole nitrogens is 1. The number of fused-ring (bicyclic) bond motifs is 1. The molecule has 1 fully saturated rings. The van der Waals surface area contributed by atoms with Crippen molar-refractivity contribution in [3.63, 3.8) is 0 Å². The summed E-state index contributed by atoms with van der Waals surface area (Å²) in [7, 11) is 2.05. The second-order valence-corrected chi connectivity index (χ2v) is 6.72. The first-order valence-electron chi connectivity index (χ1n) is 8.62. The van der Waals surface area contributed by atoms with E-state index in [1.165, 1.54) is 0 Å². The summed E-state index contributed by atoms with van der Waals surface area (Å²) in [5, 5.41) is 14.1. The Balaban J connectivity index is 1.51. The highest BCUT2D eigenvalue weighted by Crippen LogP contribution is 2.26. The largest absolute Gasteiger partial charge is 0.334 e. The van der Waals surface area contributed by atoms with Crippen molar-refractivity contribution >= 4 is 22.8 Å². The number of likely N-dealkylation sites (tertiary alicyclic amines) is 1. The molecular weight excluding hydrogens is 330 g/mol. The Morgan fingerprint density at radius 3 is 3.00 bits per heavy atom. The van der Waals surface area contributed by atoms with Crippen molar-refractivity contribution in [1.82, 2.24) is 30.4 Å². The summed E-state index contributed by atoms with van der Waals surface area (Å²) in [5.74, 6) is 0.488. The molecule has 0 aromatic carbocycles. The van der Waals surface area contributed by atoms with Gasteiger partial charge in [-0.2, -0.15) is 5.10 Å². The van der Waals surface area contributed by atoms with Crippen LogP contribution in [0.1, 0.15) is 12.1 Å². The van der Waals surface area contributed by atoms with Gasteiger partial charge in [-0.05, 0) is 39.1 Å². The maximum absolute atomic E-state index is 12.2. The van der Waals surface area contributed by atoms with Crippen molar-refractivity contribution in [1.29, 1.82) is 0 Å². The Labute approximate surface area is 151 Å². The van der Waals surface area contributed by atoms with Gasteiger partial charge in [-0.15, -0.1) is 0 Å². The van der Waals surface area contributed by atoms with Gasteiger partial charge in [0.25, 0.3) is 0 Å². The molecule has 0 unspecified atom stereocenters. The number of aromatic nitrogens is 4. The number of hydrogen-bond acceptors (Lipinski definition) is 5. The van der Waals surface area contributed by atoms with Crippen LogP contribution in [0.15, 0.2) is 30.6 Å². The Hall–Kier alpha value is -3.00. The third-order valence-electron chi connectivity index (χ3n) is 4.59. The van der Waals surface area contributed by atoms with Crippen LogP contribution in [0.25, 0.3) is 22.2 Å². The van der Waals surface area contributed by atoms with Gasteiger partial charge in [0.15, 0.2) is 0 Å². The first-order chi connectivity index (χ1) is 12.6. The highest BCUT2D eigenvalue weighted by Gasteiger charge is 2.21. The van der Waals surface area contributed by atoms with E-state index in [1.807, 2.05) is 19.1 Å². The zero-order valence-electron chi connectivity index (χ0n) is 14.8. The Morgan fingerprint density at radius 2 is 2.23 bits per heavy atom. The summed E-state index contributed by atoms with van der Waals surface area (Å²) >= 11 is 0. The number of anilines is 1. The SMILES string of the molecule is Cc1cc(-c2n[nH]c3cc(NC(=O)N[C@@H]4CCN(C)C4)ncc23)ccn1. The molecule has 2 amide bonds. The molecule has 1 aliphatic heterocycles. The predicted molar refractivity (Wildman–Crippen MR) is 99.9 cm³/mol. The van der Waals surface area contributed by atoms with Crippen LogP contribution >= 0.6 is 0 Å². The summed E-state index contributed by atoms with van der Waals surface area (Å²) in [6.07, 6.45) is 4.45. The lowest BCUT2D eigenvalue weighted by atomic mass is 10.1. The van der Waals surface area contributed by atoms with Gasteiger partial charge >= 0.3 is 6.03 Å². The number of aryl methyl sites for hydroxylation is 1. The lowest BCUT2D eigenvalue weighted by Crippen LogP contribution is -2.39. The van der Waals surface area contributed by atoms with E-state index in [2.05, 4.69) is 42.7 Å². The van der Waals surface area contributed by atoms with Crippen molar-refractivity contribution in [2.75, 3.05) is 25.5 Å². The number of hydrogen-bond donors (Lipinski definition) is 3. The van der Waals surface area contributed by atoms with Gasteiger partial charge in [0.05, 0.1) is 5.52 Å². The normalized spacial score (nSPS) is 17.5. The summed E-state index contributed by atoms with van der Waals surface area (Å²) < 4.78 is 0. The molecule has 26 heavy (non-hydrogen) atoms. The molecule has 8 nitrogen and oxygen atoms in total. The highest BCUT2D eigenvalue weighted by atomic mass is 16.2. The molecule has 1 atom stereocenters. The van der Waals surface area contributed by atoms with Crippen LogP contribution in [0.3, 0.4) is 0 Å². The first kappa shape index (κ1) is 16.5. The Bertz CT molecular complexity index is 952. The van der Waals surface area contributed by atoms with Crippen molar-refractivity contribution in [3.8, 4) is 11.3 Å².